The molecular formula is C15H24F2N2. The van der Waals surface area contributed by atoms with E-state index < -0.39 is 5.92 Å². The maximum atomic E-state index is 13.6. The van der Waals surface area contributed by atoms with Crippen LogP contribution in [0.5, 0.6) is 0 Å². The summed E-state index contributed by atoms with van der Waals surface area (Å²) in [4.78, 5) is 0. The van der Waals surface area contributed by atoms with Gasteiger partial charge >= 0.3 is 0 Å². The molecule has 4 unspecified atom stereocenters. The lowest BCUT2D eigenvalue weighted by Crippen LogP contribution is -2.59. The summed E-state index contributed by atoms with van der Waals surface area (Å²) in [6, 6.07) is 0.822. The maximum Gasteiger partial charge on any atom is 0.251 e. The lowest BCUT2D eigenvalue weighted by atomic mass is 9.63. The van der Waals surface area contributed by atoms with Gasteiger partial charge < -0.3 is 11.1 Å². The number of nitrogens with one attached hydrogen (secondary N) is 1. The van der Waals surface area contributed by atoms with Crippen molar-refractivity contribution < 1.29 is 8.78 Å². The Hall–Kier alpha value is -0.220. The van der Waals surface area contributed by atoms with E-state index in [4.69, 9.17) is 5.73 Å². The Balaban J connectivity index is 1.42. The highest BCUT2D eigenvalue weighted by Gasteiger charge is 2.57. The Kier molecular flexibility index (Phi) is 2.58. The van der Waals surface area contributed by atoms with Gasteiger partial charge in [-0.2, -0.15) is 0 Å². The van der Waals surface area contributed by atoms with Crippen LogP contribution in [0.4, 0.5) is 8.78 Å². The lowest BCUT2D eigenvalue weighted by molar-refractivity contribution is -0.0589. The number of alkyl halides is 2. The molecule has 0 aromatic carbocycles. The van der Waals surface area contributed by atoms with Crippen LogP contribution < -0.4 is 11.1 Å². The Labute approximate surface area is 113 Å². The number of rotatable bonds is 2. The fourth-order valence-electron chi connectivity index (χ4n) is 5.31. The molecule has 3 N–H and O–H groups in total. The van der Waals surface area contributed by atoms with E-state index in [0.29, 0.717) is 18.5 Å². The molecule has 5 rings (SSSR count). The molecule has 0 heterocycles. The summed E-state index contributed by atoms with van der Waals surface area (Å²) in [5.74, 6) is -1.80. The summed E-state index contributed by atoms with van der Waals surface area (Å²) in [6.07, 6.45) is 7.35. The smallest absolute Gasteiger partial charge is 0.251 e. The van der Waals surface area contributed by atoms with Crippen molar-refractivity contribution >= 4 is 0 Å². The molecule has 108 valence electrons. The summed E-state index contributed by atoms with van der Waals surface area (Å²) < 4.78 is 27.1. The summed E-state index contributed by atoms with van der Waals surface area (Å²) in [7, 11) is 0. The highest BCUT2D eigenvalue weighted by Crippen LogP contribution is 2.54. The molecule has 5 saturated carbocycles. The number of hydrogen-bond donors (Lipinski definition) is 2. The van der Waals surface area contributed by atoms with Crippen LogP contribution in [0.3, 0.4) is 0 Å². The van der Waals surface area contributed by atoms with E-state index in [9.17, 15) is 8.78 Å². The van der Waals surface area contributed by atoms with Gasteiger partial charge in [0.1, 0.15) is 0 Å². The third-order valence-electron chi connectivity index (χ3n) is 6.48. The van der Waals surface area contributed by atoms with Gasteiger partial charge in [-0.1, -0.05) is 0 Å². The number of halogens is 2. The normalized spacial score (nSPS) is 54.8. The molecule has 4 bridgehead atoms. The van der Waals surface area contributed by atoms with Crippen LogP contribution in [-0.2, 0) is 0 Å². The minimum Gasteiger partial charge on any atom is -0.325 e. The average Bonchev–Trinajstić information content (AvgIpc) is 2.85. The van der Waals surface area contributed by atoms with E-state index >= 15 is 0 Å². The van der Waals surface area contributed by atoms with E-state index in [1.165, 1.54) is 12.8 Å². The third kappa shape index (κ3) is 1.94. The molecule has 0 aromatic rings. The Morgan fingerprint density at radius 1 is 0.947 bits per heavy atom. The van der Waals surface area contributed by atoms with Crippen molar-refractivity contribution in [1.29, 1.82) is 0 Å². The first kappa shape index (κ1) is 12.5. The van der Waals surface area contributed by atoms with Gasteiger partial charge in [-0.3, -0.25) is 0 Å². The van der Waals surface area contributed by atoms with Crippen LogP contribution in [-0.4, -0.2) is 23.5 Å². The molecule has 19 heavy (non-hydrogen) atoms. The van der Waals surface area contributed by atoms with Crippen LogP contribution >= 0.6 is 0 Å². The van der Waals surface area contributed by atoms with E-state index in [2.05, 4.69) is 5.32 Å². The van der Waals surface area contributed by atoms with Crippen molar-refractivity contribution in [3.8, 4) is 0 Å². The monoisotopic (exact) mass is 270 g/mol. The van der Waals surface area contributed by atoms with Crippen molar-refractivity contribution in [1.82, 2.24) is 5.32 Å². The van der Waals surface area contributed by atoms with Gasteiger partial charge in [0.15, 0.2) is 0 Å². The first-order valence-electron chi connectivity index (χ1n) is 7.88. The molecule has 5 aliphatic rings. The van der Waals surface area contributed by atoms with Crippen LogP contribution in [0.15, 0.2) is 0 Å². The standard InChI is InChI=1S/C15H24F2N2/c16-15(17)7-10-5-11(15)6-12(10)19-13-8-14(18)3-1-9(13)2-4-14/h9-13,19H,1-8,18H2. The van der Waals surface area contributed by atoms with Gasteiger partial charge in [0.2, 0.25) is 0 Å². The van der Waals surface area contributed by atoms with Gasteiger partial charge in [-0.15, -0.1) is 0 Å². The van der Waals surface area contributed by atoms with Crippen molar-refractivity contribution in [3.05, 3.63) is 0 Å². The van der Waals surface area contributed by atoms with Gasteiger partial charge in [0.05, 0.1) is 0 Å². The van der Waals surface area contributed by atoms with Crippen molar-refractivity contribution in [2.75, 3.05) is 0 Å². The zero-order valence-electron chi connectivity index (χ0n) is 11.4. The number of hydrogen-bond acceptors (Lipinski definition) is 2. The summed E-state index contributed by atoms with van der Waals surface area (Å²) in [6.45, 7) is 0. The molecule has 0 saturated heterocycles. The van der Waals surface area contributed by atoms with Gasteiger partial charge in [0.25, 0.3) is 5.92 Å². The zero-order valence-corrected chi connectivity index (χ0v) is 11.4. The molecule has 2 nitrogen and oxygen atoms in total. The molecule has 0 aliphatic heterocycles. The highest BCUT2D eigenvalue weighted by atomic mass is 19.3. The third-order valence-corrected chi connectivity index (χ3v) is 6.48. The Bertz CT molecular complexity index is 376. The van der Waals surface area contributed by atoms with Gasteiger partial charge in [-0.05, 0) is 56.8 Å². The van der Waals surface area contributed by atoms with Crippen molar-refractivity contribution in [2.45, 2.75) is 74.9 Å². The van der Waals surface area contributed by atoms with E-state index in [1.54, 1.807) is 0 Å². The van der Waals surface area contributed by atoms with Crippen LogP contribution in [0, 0.1) is 17.8 Å². The Morgan fingerprint density at radius 2 is 1.68 bits per heavy atom. The number of fused-ring (bicyclic) bond motifs is 5. The quantitative estimate of drug-likeness (QED) is 0.809. The number of nitrogens with two attached hydrogens (primary N) is 1. The van der Waals surface area contributed by atoms with Crippen LogP contribution in [0.1, 0.15) is 51.4 Å². The van der Waals surface area contributed by atoms with Crippen molar-refractivity contribution in [2.24, 2.45) is 23.5 Å². The SMILES string of the molecule is NC12CCC(CC1)C(NC1CC3CC1CC3(F)F)C2. The minimum atomic E-state index is -2.39. The first-order chi connectivity index (χ1) is 8.95. The molecule has 0 aromatic heterocycles. The maximum absolute atomic E-state index is 13.6. The molecular weight excluding hydrogens is 246 g/mol. The van der Waals surface area contributed by atoms with Gasteiger partial charge in [-0.25, -0.2) is 8.78 Å². The second-order valence-corrected chi connectivity index (χ2v) is 7.68. The second-order valence-electron chi connectivity index (χ2n) is 7.68. The molecule has 0 amide bonds. The fourth-order valence-corrected chi connectivity index (χ4v) is 5.31. The molecule has 5 aliphatic carbocycles. The molecule has 4 heteroatoms. The predicted molar refractivity (Wildman–Crippen MR) is 70.0 cm³/mol. The van der Waals surface area contributed by atoms with Gasteiger partial charge in [0, 0.05) is 30.0 Å². The molecule has 0 radical (unpaired) electrons. The lowest BCUT2D eigenvalue weighted by Gasteiger charge is -2.50. The van der Waals surface area contributed by atoms with E-state index in [-0.39, 0.29) is 23.8 Å². The topological polar surface area (TPSA) is 38.0 Å². The summed E-state index contributed by atoms with van der Waals surface area (Å²) in [5, 5.41) is 3.73. The Morgan fingerprint density at radius 3 is 2.21 bits per heavy atom. The second kappa shape index (κ2) is 3.91. The molecule has 5 fully saturated rings. The van der Waals surface area contributed by atoms with Crippen LogP contribution in [0.25, 0.3) is 0 Å². The van der Waals surface area contributed by atoms with Crippen LogP contribution in [0.2, 0.25) is 0 Å². The van der Waals surface area contributed by atoms with Crippen molar-refractivity contribution in [3.63, 3.8) is 0 Å². The zero-order chi connectivity index (χ0) is 13.3. The predicted octanol–water partition coefficient (Wildman–Crippen LogP) is 2.67. The fraction of sp³-hybridized carbons (Fsp3) is 1.00. The van der Waals surface area contributed by atoms with E-state index in [0.717, 1.165) is 31.6 Å². The summed E-state index contributed by atoms with van der Waals surface area (Å²) >= 11 is 0. The molecule has 4 atom stereocenters. The van der Waals surface area contributed by atoms with E-state index in [1.807, 2.05) is 0 Å². The largest absolute Gasteiger partial charge is 0.325 e. The molecule has 0 spiro atoms. The minimum absolute atomic E-state index is 0.0357. The average molecular weight is 270 g/mol. The highest BCUT2D eigenvalue weighted by molar-refractivity contribution is 5.07. The summed E-state index contributed by atoms with van der Waals surface area (Å²) in [5.41, 5.74) is 6.46. The first-order valence-corrected chi connectivity index (χ1v) is 7.88.